The molecule has 0 radical (unpaired) electrons. The first-order valence-corrected chi connectivity index (χ1v) is 8.69. The van der Waals surface area contributed by atoms with Crippen molar-refractivity contribution in [1.29, 1.82) is 0 Å². The number of carbonyl (C=O) groups is 1. The van der Waals surface area contributed by atoms with Gasteiger partial charge in [-0.25, -0.2) is 4.98 Å². The maximum atomic E-state index is 12.7. The van der Waals surface area contributed by atoms with Crippen LogP contribution in [0.1, 0.15) is 23.3 Å². The van der Waals surface area contributed by atoms with Crippen LogP contribution in [0.4, 0.5) is 0 Å². The third-order valence-electron chi connectivity index (χ3n) is 5.45. The molecule has 1 aliphatic carbocycles. The van der Waals surface area contributed by atoms with Crippen molar-refractivity contribution in [3.8, 4) is 0 Å². The molecule has 1 amide bonds. The van der Waals surface area contributed by atoms with E-state index in [0.717, 1.165) is 25.9 Å². The minimum atomic E-state index is -0.471. The lowest BCUT2D eigenvalue weighted by atomic mass is 9.77. The molecule has 4 atom stereocenters. The molecule has 2 heterocycles. The third-order valence-corrected chi connectivity index (χ3v) is 5.45. The molecular weight excluding hydrogens is 320 g/mol. The number of amides is 1. The number of hydrogen-bond donors (Lipinski definition) is 3. The largest absolute Gasteiger partial charge is 0.379 e. The van der Waals surface area contributed by atoms with Crippen LogP contribution in [-0.2, 0) is 4.74 Å². The van der Waals surface area contributed by atoms with Gasteiger partial charge in [0.05, 0.1) is 23.2 Å². The van der Waals surface area contributed by atoms with E-state index in [1.165, 1.54) is 0 Å². The van der Waals surface area contributed by atoms with Gasteiger partial charge in [0.25, 0.3) is 11.5 Å². The summed E-state index contributed by atoms with van der Waals surface area (Å²) in [5.74, 6) is 0.698. The molecule has 1 saturated heterocycles. The molecule has 2 fully saturated rings. The number of nitrogens with one attached hydrogen (secondary N) is 3. The molecule has 7 heteroatoms. The van der Waals surface area contributed by atoms with Crippen LogP contribution in [0, 0.1) is 11.8 Å². The van der Waals surface area contributed by atoms with E-state index >= 15 is 0 Å². The molecule has 1 saturated carbocycles. The van der Waals surface area contributed by atoms with Gasteiger partial charge in [-0.05, 0) is 49.9 Å². The molecule has 0 unspecified atom stereocenters. The van der Waals surface area contributed by atoms with E-state index < -0.39 is 11.5 Å². The van der Waals surface area contributed by atoms with E-state index in [2.05, 4.69) is 20.6 Å². The highest BCUT2D eigenvalue weighted by atomic mass is 16.5. The number of benzene rings is 1. The minimum absolute atomic E-state index is 0.0374. The first kappa shape index (κ1) is 16.2. The van der Waals surface area contributed by atoms with Gasteiger partial charge in [0.2, 0.25) is 0 Å². The average molecular weight is 342 g/mol. The predicted molar refractivity (Wildman–Crippen MR) is 93.5 cm³/mol. The second kappa shape index (κ2) is 6.57. The fourth-order valence-electron chi connectivity index (χ4n) is 4.11. The molecule has 2 aromatic rings. The first-order valence-electron chi connectivity index (χ1n) is 8.69. The molecule has 2 aliphatic rings. The summed E-state index contributed by atoms with van der Waals surface area (Å²) < 4.78 is 5.60. The van der Waals surface area contributed by atoms with Crippen LogP contribution in [0.15, 0.2) is 29.1 Å². The lowest BCUT2D eigenvalue weighted by molar-refractivity contribution is 0.0124. The van der Waals surface area contributed by atoms with Gasteiger partial charge in [0.15, 0.2) is 5.69 Å². The van der Waals surface area contributed by atoms with Crippen molar-refractivity contribution < 1.29 is 9.53 Å². The van der Waals surface area contributed by atoms with Gasteiger partial charge in [0.1, 0.15) is 0 Å². The smallest absolute Gasteiger partial charge is 0.280 e. The Morgan fingerprint density at radius 2 is 2.00 bits per heavy atom. The number of rotatable bonds is 3. The number of para-hydroxylation sites is 2. The van der Waals surface area contributed by atoms with Gasteiger partial charge in [-0.1, -0.05) is 12.1 Å². The van der Waals surface area contributed by atoms with Crippen molar-refractivity contribution in [1.82, 2.24) is 20.6 Å². The van der Waals surface area contributed by atoms with Gasteiger partial charge >= 0.3 is 0 Å². The van der Waals surface area contributed by atoms with Gasteiger partial charge < -0.3 is 20.4 Å². The van der Waals surface area contributed by atoms with Crippen molar-refractivity contribution in [3.05, 3.63) is 40.3 Å². The molecule has 4 rings (SSSR count). The Kier molecular flexibility index (Phi) is 4.27. The summed E-state index contributed by atoms with van der Waals surface area (Å²) in [5.41, 5.74) is 0.650. The average Bonchev–Trinajstić information content (AvgIpc) is 3.07. The number of aromatic nitrogens is 2. The fraction of sp³-hybridized carbons (Fsp3) is 0.500. The number of methoxy groups -OCH3 is 1. The Balaban J connectivity index is 1.56. The molecular formula is C18H22N4O3. The lowest BCUT2D eigenvalue weighted by Crippen LogP contribution is -2.51. The Morgan fingerprint density at radius 1 is 1.24 bits per heavy atom. The summed E-state index contributed by atoms with van der Waals surface area (Å²) in [4.78, 5) is 31.9. The fourth-order valence-corrected chi connectivity index (χ4v) is 4.11. The maximum absolute atomic E-state index is 12.7. The summed E-state index contributed by atoms with van der Waals surface area (Å²) in [7, 11) is 1.67. The SMILES string of the molecule is CO[C@H]1C[C@@H]2CNC[C@@H]2C[C@@H]1NC(=O)c1nc2ccccc2[nH]c1=O. The number of H-pyrrole nitrogens is 1. The number of fused-ring (bicyclic) bond motifs is 2. The van der Waals surface area contributed by atoms with E-state index in [1.807, 2.05) is 12.1 Å². The highest BCUT2D eigenvalue weighted by Crippen LogP contribution is 2.34. The normalized spacial score (nSPS) is 28.7. The minimum Gasteiger partial charge on any atom is -0.379 e. The van der Waals surface area contributed by atoms with Crippen LogP contribution in [0.2, 0.25) is 0 Å². The standard InChI is InChI=1S/C18H22N4O3/c1-25-15-7-11-9-19-8-10(11)6-14(15)22-18(24)16-17(23)21-13-5-3-2-4-12(13)20-16/h2-5,10-11,14-15,19H,6-9H2,1H3,(H,21,23)(H,22,24)/t10-,11+,14-,15-/m0/s1. The highest BCUT2D eigenvalue weighted by Gasteiger charge is 2.40. The quantitative estimate of drug-likeness (QED) is 0.762. The molecule has 1 aromatic carbocycles. The molecule has 0 bridgehead atoms. The van der Waals surface area contributed by atoms with Crippen LogP contribution in [0.3, 0.4) is 0 Å². The topological polar surface area (TPSA) is 96.1 Å². The van der Waals surface area contributed by atoms with Crippen molar-refractivity contribution >= 4 is 16.9 Å². The number of aromatic amines is 1. The van der Waals surface area contributed by atoms with Crippen LogP contribution in [0.5, 0.6) is 0 Å². The number of carbonyl (C=O) groups excluding carboxylic acids is 1. The summed E-state index contributed by atoms with van der Waals surface area (Å²) in [6, 6.07) is 7.07. The Bertz CT molecular complexity index is 850. The van der Waals surface area contributed by atoms with Crippen molar-refractivity contribution in [3.63, 3.8) is 0 Å². The summed E-state index contributed by atoms with van der Waals surface area (Å²) in [5, 5.41) is 6.39. The predicted octanol–water partition coefficient (Wildman–Crippen LogP) is 0.666. The van der Waals surface area contributed by atoms with E-state index in [4.69, 9.17) is 4.74 Å². The second-order valence-corrected chi connectivity index (χ2v) is 6.94. The highest BCUT2D eigenvalue weighted by molar-refractivity contribution is 5.93. The first-order chi connectivity index (χ1) is 12.2. The zero-order valence-electron chi connectivity index (χ0n) is 14.1. The maximum Gasteiger partial charge on any atom is 0.280 e. The molecule has 3 N–H and O–H groups in total. The van der Waals surface area contributed by atoms with E-state index in [1.54, 1.807) is 19.2 Å². The number of hydrogen-bond acceptors (Lipinski definition) is 5. The zero-order valence-corrected chi connectivity index (χ0v) is 14.1. The Hall–Kier alpha value is -2.25. The summed E-state index contributed by atoms with van der Waals surface area (Å²) in [6.45, 7) is 1.99. The summed E-state index contributed by atoms with van der Waals surface area (Å²) >= 11 is 0. The van der Waals surface area contributed by atoms with Gasteiger partial charge in [-0.15, -0.1) is 0 Å². The second-order valence-electron chi connectivity index (χ2n) is 6.94. The molecule has 7 nitrogen and oxygen atoms in total. The summed E-state index contributed by atoms with van der Waals surface area (Å²) in [6.07, 6.45) is 1.73. The third kappa shape index (κ3) is 3.05. The number of ether oxygens (including phenoxy) is 1. The number of nitrogens with zero attached hydrogens (tertiary/aromatic N) is 1. The van der Waals surface area contributed by atoms with Gasteiger partial charge in [-0.3, -0.25) is 9.59 Å². The van der Waals surface area contributed by atoms with E-state index in [0.29, 0.717) is 22.9 Å². The molecule has 25 heavy (non-hydrogen) atoms. The van der Waals surface area contributed by atoms with E-state index in [9.17, 15) is 9.59 Å². The van der Waals surface area contributed by atoms with Crippen LogP contribution >= 0.6 is 0 Å². The molecule has 1 aromatic heterocycles. The monoisotopic (exact) mass is 342 g/mol. The molecule has 0 spiro atoms. The van der Waals surface area contributed by atoms with Crippen molar-refractivity contribution in [2.24, 2.45) is 11.8 Å². The van der Waals surface area contributed by atoms with Gasteiger partial charge in [-0.2, -0.15) is 0 Å². The zero-order chi connectivity index (χ0) is 17.4. The van der Waals surface area contributed by atoms with Crippen LogP contribution in [0.25, 0.3) is 11.0 Å². The lowest BCUT2D eigenvalue weighted by Gasteiger charge is -2.37. The van der Waals surface area contributed by atoms with Gasteiger partial charge in [0, 0.05) is 7.11 Å². The molecule has 1 aliphatic heterocycles. The van der Waals surface area contributed by atoms with E-state index in [-0.39, 0.29) is 17.8 Å². The molecule has 132 valence electrons. The van der Waals surface area contributed by atoms with Crippen LogP contribution in [-0.4, -0.2) is 48.2 Å². The van der Waals surface area contributed by atoms with Crippen molar-refractivity contribution in [2.45, 2.75) is 25.0 Å². The van der Waals surface area contributed by atoms with Crippen molar-refractivity contribution in [2.75, 3.05) is 20.2 Å². The Labute approximate surface area is 145 Å². The Morgan fingerprint density at radius 3 is 2.80 bits per heavy atom. The van der Waals surface area contributed by atoms with Crippen LogP contribution < -0.4 is 16.2 Å².